The Morgan fingerprint density at radius 1 is 1.17 bits per heavy atom. The summed E-state index contributed by atoms with van der Waals surface area (Å²) in [5, 5.41) is 0.851. The van der Waals surface area contributed by atoms with Crippen LogP contribution < -0.4 is 0 Å². The summed E-state index contributed by atoms with van der Waals surface area (Å²) in [6.45, 7) is 2.03. The first kappa shape index (κ1) is 13.1. The van der Waals surface area contributed by atoms with Gasteiger partial charge in [-0.3, -0.25) is 4.79 Å². The average Bonchev–Trinajstić information content (AvgIpc) is 2.46. The zero-order valence-electron chi connectivity index (χ0n) is 10.6. The van der Waals surface area contributed by atoms with Gasteiger partial charge >= 0.3 is 0 Å². The summed E-state index contributed by atoms with van der Waals surface area (Å²) < 4.78 is 0. The third kappa shape index (κ3) is 3.35. The van der Waals surface area contributed by atoms with Gasteiger partial charge in [0.1, 0.15) is 0 Å². The van der Waals surface area contributed by atoms with Crippen LogP contribution in [-0.4, -0.2) is 35.3 Å². The van der Waals surface area contributed by atoms with E-state index in [9.17, 15) is 4.79 Å². The smallest absolute Gasteiger partial charge is 0.279 e. The van der Waals surface area contributed by atoms with Crippen LogP contribution in [0.15, 0.2) is 35.3 Å². The molecule has 0 aliphatic carbocycles. The number of likely N-dealkylation sites (tertiary alicyclic amines) is 1. The fourth-order valence-electron chi connectivity index (χ4n) is 2.06. The number of amidine groups is 1. The van der Waals surface area contributed by atoms with Gasteiger partial charge in [-0.05, 0) is 37.7 Å². The Morgan fingerprint density at radius 3 is 2.44 bits per heavy atom. The van der Waals surface area contributed by atoms with E-state index in [2.05, 4.69) is 9.89 Å². The molecule has 1 aromatic carbocycles. The summed E-state index contributed by atoms with van der Waals surface area (Å²) in [7, 11) is 0. The molecule has 0 bridgehead atoms. The zero-order valence-corrected chi connectivity index (χ0v) is 11.4. The quantitative estimate of drug-likeness (QED) is 0.576. The molecular formula is C14H18N2OS. The molecule has 1 aliphatic heterocycles. The van der Waals surface area contributed by atoms with Gasteiger partial charge in [0.15, 0.2) is 5.17 Å². The van der Waals surface area contributed by atoms with Crippen LogP contribution in [0.1, 0.15) is 29.6 Å². The van der Waals surface area contributed by atoms with Gasteiger partial charge in [-0.15, -0.1) is 0 Å². The third-order valence-corrected chi connectivity index (χ3v) is 3.74. The van der Waals surface area contributed by atoms with E-state index in [0.29, 0.717) is 5.56 Å². The summed E-state index contributed by atoms with van der Waals surface area (Å²) >= 11 is 1.55. The number of hydrogen-bond donors (Lipinski definition) is 0. The molecule has 1 heterocycles. The topological polar surface area (TPSA) is 32.7 Å². The molecule has 1 aliphatic rings. The highest BCUT2D eigenvalue weighted by atomic mass is 32.2. The van der Waals surface area contributed by atoms with E-state index < -0.39 is 0 Å². The molecule has 0 spiro atoms. The third-order valence-electron chi connectivity index (χ3n) is 3.03. The maximum Gasteiger partial charge on any atom is 0.279 e. The van der Waals surface area contributed by atoms with E-state index in [1.807, 2.05) is 24.5 Å². The lowest BCUT2D eigenvalue weighted by atomic mass is 10.1. The van der Waals surface area contributed by atoms with Crippen molar-refractivity contribution >= 4 is 22.8 Å². The van der Waals surface area contributed by atoms with Crippen LogP contribution in [0.3, 0.4) is 0 Å². The van der Waals surface area contributed by atoms with Crippen molar-refractivity contribution in [1.29, 1.82) is 0 Å². The van der Waals surface area contributed by atoms with Crippen molar-refractivity contribution in [3.63, 3.8) is 0 Å². The minimum absolute atomic E-state index is 0.148. The molecule has 3 nitrogen and oxygen atoms in total. The van der Waals surface area contributed by atoms with Crippen LogP contribution in [0.5, 0.6) is 0 Å². The fourth-order valence-corrected chi connectivity index (χ4v) is 2.68. The Kier molecular flexibility index (Phi) is 4.81. The van der Waals surface area contributed by atoms with E-state index >= 15 is 0 Å². The number of hydrogen-bond acceptors (Lipinski definition) is 2. The molecule has 0 aromatic heterocycles. The fraction of sp³-hybridized carbons (Fsp3) is 0.429. The Hall–Kier alpha value is -1.29. The first-order valence-corrected chi connectivity index (χ1v) is 7.51. The summed E-state index contributed by atoms with van der Waals surface area (Å²) in [6.07, 6.45) is 5.65. The Balaban J connectivity index is 2.11. The molecule has 1 saturated heterocycles. The highest BCUT2D eigenvalue weighted by Gasteiger charge is 2.15. The normalized spacial score (nSPS) is 16.7. The molecular weight excluding hydrogens is 244 g/mol. The van der Waals surface area contributed by atoms with Crippen LogP contribution in [0.25, 0.3) is 0 Å². The lowest BCUT2D eigenvalue weighted by Gasteiger charge is -2.28. The van der Waals surface area contributed by atoms with Crippen LogP contribution in [0.2, 0.25) is 0 Å². The molecule has 0 unspecified atom stereocenters. The van der Waals surface area contributed by atoms with Gasteiger partial charge in [-0.25, -0.2) is 0 Å². The molecule has 4 heteroatoms. The van der Waals surface area contributed by atoms with Crippen molar-refractivity contribution in [3.05, 3.63) is 35.9 Å². The number of aliphatic imine (C=N–C) groups is 1. The molecule has 18 heavy (non-hydrogen) atoms. The van der Waals surface area contributed by atoms with E-state index in [-0.39, 0.29) is 5.91 Å². The van der Waals surface area contributed by atoms with E-state index in [1.54, 1.807) is 23.9 Å². The second-order valence-corrected chi connectivity index (χ2v) is 5.09. The predicted molar refractivity (Wildman–Crippen MR) is 77.1 cm³/mol. The van der Waals surface area contributed by atoms with Crippen molar-refractivity contribution in [2.24, 2.45) is 4.99 Å². The van der Waals surface area contributed by atoms with Crippen LogP contribution in [0.4, 0.5) is 0 Å². The highest BCUT2D eigenvalue weighted by molar-refractivity contribution is 8.13. The predicted octanol–water partition coefficient (Wildman–Crippen LogP) is 3.03. The number of carbonyl (C=O) groups is 1. The maximum atomic E-state index is 12.0. The average molecular weight is 262 g/mol. The van der Waals surface area contributed by atoms with E-state index in [4.69, 9.17) is 0 Å². The lowest BCUT2D eigenvalue weighted by Crippen LogP contribution is -2.34. The molecule has 2 rings (SSSR count). The standard InChI is InChI=1S/C14H18N2OS/c1-18-14(16-10-6-3-7-11-16)15-13(17)12-8-4-2-5-9-12/h2,4-5,8-9H,3,6-7,10-11H2,1H3. The molecule has 0 radical (unpaired) electrons. The number of piperidine rings is 1. The van der Waals surface area contributed by atoms with Gasteiger partial charge in [0, 0.05) is 18.7 Å². The zero-order chi connectivity index (χ0) is 12.8. The van der Waals surface area contributed by atoms with Gasteiger partial charge in [0.05, 0.1) is 0 Å². The van der Waals surface area contributed by atoms with Crippen molar-refractivity contribution in [1.82, 2.24) is 4.90 Å². The minimum atomic E-state index is -0.148. The number of rotatable bonds is 1. The van der Waals surface area contributed by atoms with Crippen molar-refractivity contribution in [2.75, 3.05) is 19.3 Å². The Bertz CT molecular complexity index is 425. The number of carbonyl (C=O) groups excluding carboxylic acids is 1. The van der Waals surface area contributed by atoms with Gasteiger partial charge in [-0.2, -0.15) is 4.99 Å². The molecule has 1 amide bonds. The Morgan fingerprint density at radius 2 is 1.83 bits per heavy atom. The number of thioether (sulfide) groups is 1. The largest absolute Gasteiger partial charge is 0.351 e. The summed E-state index contributed by atoms with van der Waals surface area (Å²) in [4.78, 5) is 18.5. The first-order valence-electron chi connectivity index (χ1n) is 6.28. The second-order valence-electron chi connectivity index (χ2n) is 4.32. The van der Waals surface area contributed by atoms with Crippen molar-refractivity contribution in [2.45, 2.75) is 19.3 Å². The molecule has 1 aromatic rings. The van der Waals surface area contributed by atoms with E-state index in [0.717, 1.165) is 18.3 Å². The maximum absolute atomic E-state index is 12.0. The first-order chi connectivity index (χ1) is 8.81. The molecule has 0 atom stereocenters. The van der Waals surface area contributed by atoms with Crippen LogP contribution in [-0.2, 0) is 0 Å². The van der Waals surface area contributed by atoms with E-state index in [1.165, 1.54) is 19.3 Å². The summed E-state index contributed by atoms with van der Waals surface area (Å²) in [6, 6.07) is 9.24. The summed E-state index contributed by atoms with van der Waals surface area (Å²) in [5.41, 5.74) is 0.654. The summed E-state index contributed by atoms with van der Waals surface area (Å²) in [5.74, 6) is -0.148. The second kappa shape index (κ2) is 6.59. The molecule has 96 valence electrons. The lowest BCUT2D eigenvalue weighted by molar-refractivity contribution is 0.100. The number of benzene rings is 1. The SMILES string of the molecule is CSC(=NC(=O)c1ccccc1)N1CCCCC1. The number of amides is 1. The number of nitrogens with zero attached hydrogens (tertiary/aromatic N) is 2. The van der Waals surface area contributed by atoms with Crippen molar-refractivity contribution < 1.29 is 4.79 Å². The van der Waals surface area contributed by atoms with Gasteiger partial charge < -0.3 is 4.90 Å². The van der Waals surface area contributed by atoms with Crippen LogP contribution in [0, 0.1) is 0 Å². The van der Waals surface area contributed by atoms with Gasteiger partial charge in [0.2, 0.25) is 0 Å². The minimum Gasteiger partial charge on any atom is -0.351 e. The van der Waals surface area contributed by atoms with Crippen LogP contribution >= 0.6 is 11.8 Å². The molecule has 0 N–H and O–H groups in total. The molecule has 1 fully saturated rings. The monoisotopic (exact) mass is 262 g/mol. The van der Waals surface area contributed by atoms with Gasteiger partial charge in [-0.1, -0.05) is 30.0 Å². The van der Waals surface area contributed by atoms with Gasteiger partial charge in [0.25, 0.3) is 5.91 Å². The molecule has 0 saturated carbocycles. The van der Waals surface area contributed by atoms with Crippen molar-refractivity contribution in [3.8, 4) is 0 Å². The highest BCUT2D eigenvalue weighted by Crippen LogP contribution is 2.15. The Labute approximate surface area is 112 Å².